The van der Waals surface area contributed by atoms with Crippen LogP contribution in [0.5, 0.6) is 0 Å². The van der Waals surface area contributed by atoms with Gasteiger partial charge in [-0.25, -0.2) is 0 Å². The van der Waals surface area contributed by atoms with Gasteiger partial charge in [-0.2, -0.15) is 5.26 Å². The molecule has 1 rings (SSSR count). The molecule has 16 heavy (non-hydrogen) atoms. The Balaban J connectivity index is 3.41. The Morgan fingerprint density at radius 1 is 1.62 bits per heavy atom. The molecule has 0 fully saturated rings. The van der Waals surface area contributed by atoms with E-state index >= 15 is 0 Å². The second-order valence-electron chi connectivity index (χ2n) is 2.86. The fourth-order valence-corrected chi connectivity index (χ4v) is 1.81. The first kappa shape index (κ1) is 12.1. The smallest absolute Gasteiger partial charge is 0.307 e. The van der Waals surface area contributed by atoms with Crippen molar-refractivity contribution in [3.05, 3.63) is 37.8 Å². The quantitative estimate of drug-likeness (QED) is 0.674. The van der Waals surface area contributed by atoms with Gasteiger partial charge in [0.15, 0.2) is 0 Å². The average Bonchev–Trinajstić information content (AvgIpc) is 2.19. The molecule has 0 radical (unpaired) electrons. The minimum atomic E-state index is -1.15. The summed E-state index contributed by atoms with van der Waals surface area (Å²) in [6.07, 6.45) is -0.439. The maximum atomic E-state index is 10.6. The number of rotatable bonds is 3. The van der Waals surface area contributed by atoms with Crippen LogP contribution in [-0.2, 0) is 11.2 Å². The Bertz CT molecular complexity index is 507. The van der Waals surface area contributed by atoms with Crippen LogP contribution in [0.2, 0.25) is 0 Å². The van der Waals surface area contributed by atoms with E-state index in [4.69, 9.17) is 10.4 Å². The van der Waals surface area contributed by atoms with Crippen LogP contribution in [0.3, 0.4) is 0 Å². The van der Waals surface area contributed by atoms with Crippen molar-refractivity contribution in [1.82, 2.24) is 0 Å². The SMILES string of the molecule is N#Cc1ccc([N+](=O)[O-])c(Br)c1CC(=O)O. The average molecular weight is 285 g/mol. The highest BCUT2D eigenvalue weighted by atomic mass is 79.9. The normalized spacial score (nSPS) is 9.50. The molecule has 6 nitrogen and oxygen atoms in total. The predicted octanol–water partition coefficient (Wildman–Crippen LogP) is 1.86. The summed E-state index contributed by atoms with van der Waals surface area (Å²) in [5.74, 6) is -1.15. The molecule has 0 unspecified atom stereocenters. The van der Waals surface area contributed by atoms with Crippen LogP contribution >= 0.6 is 15.9 Å². The zero-order valence-corrected chi connectivity index (χ0v) is 9.39. The van der Waals surface area contributed by atoms with E-state index in [0.29, 0.717) is 0 Å². The monoisotopic (exact) mass is 284 g/mol. The minimum Gasteiger partial charge on any atom is -0.481 e. The van der Waals surface area contributed by atoms with Crippen LogP contribution in [0.15, 0.2) is 16.6 Å². The Kier molecular flexibility index (Phi) is 3.58. The number of nitriles is 1. The number of nitro benzene ring substituents is 1. The van der Waals surface area contributed by atoms with Gasteiger partial charge in [-0.15, -0.1) is 0 Å². The molecule has 0 aliphatic carbocycles. The van der Waals surface area contributed by atoms with Crippen molar-refractivity contribution in [2.45, 2.75) is 6.42 Å². The summed E-state index contributed by atoms with van der Waals surface area (Å²) in [7, 11) is 0. The van der Waals surface area contributed by atoms with Crippen molar-refractivity contribution in [3.8, 4) is 6.07 Å². The zero-order valence-electron chi connectivity index (χ0n) is 7.81. The molecule has 0 amide bonds. The summed E-state index contributed by atoms with van der Waals surface area (Å²) in [6, 6.07) is 4.19. The summed E-state index contributed by atoms with van der Waals surface area (Å²) >= 11 is 2.95. The van der Waals surface area contributed by atoms with Crippen molar-refractivity contribution in [3.63, 3.8) is 0 Å². The molecule has 0 bridgehead atoms. The van der Waals surface area contributed by atoms with E-state index in [1.165, 1.54) is 6.07 Å². The fourth-order valence-electron chi connectivity index (χ4n) is 1.18. The van der Waals surface area contributed by atoms with Crippen molar-refractivity contribution < 1.29 is 14.8 Å². The van der Waals surface area contributed by atoms with Crippen LogP contribution < -0.4 is 0 Å². The lowest BCUT2D eigenvalue weighted by Gasteiger charge is -2.04. The first-order valence-electron chi connectivity index (χ1n) is 4.05. The number of carboxylic acid groups (broad SMARTS) is 1. The van der Waals surface area contributed by atoms with Crippen LogP contribution in [0.4, 0.5) is 5.69 Å². The molecule has 0 saturated carbocycles. The lowest BCUT2D eigenvalue weighted by molar-refractivity contribution is -0.385. The number of nitro groups is 1. The largest absolute Gasteiger partial charge is 0.481 e. The van der Waals surface area contributed by atoms with E-state index in [-0.39, 0.29) is 21.3 Å². The molecule has 7 heteroatoms. The highest BCUT2D eigenvalue weighted by Crippen LogP contribution is 2.31. The van der Waals surface area contributed by atoms with Crippen LogP contribution in [0.1, 0.15) is 11.1 Å². The van der Waals surface area contributed by atoms with Crippen molar-refractivity contribution >= 4 is 27.6 Å². The standard InChI is InChI=1S/C9H5BrN2O4/c10-9-6(3-8(13)14)5(4-11)1-2-7(9)12(15)16/h1-2H,3H2,(H,13,14). The number of hydrogen-bond donors (Lipinski definition) is 1. The maximum Gasteiger partial charge on any atom is 0.307 e. The molecule has 82 valence electrons. The van der Waals surface area contributed by atoms with E-state index in [9.17, 15) is 14.9 Å². The highest BCUT2D eigenvalue weighted by Gasteiger charge is 2.20. The summed E-state index contributed by atoms with van der Waals surface area (Å²) in [4.78, 5) is 20.5. The Labute approximate surface area is 98.4 Å². The molecule has 0 aromatic heterocycles. The van der Waals surface area contributed by atoms with Gasteiger partial charge in [0.05, 0.1) is 23.0 Å². The second kappa shape index (κ2) is 4.72. The fraction of sp³-hybridized carbons (Fsp3) is 0.111. The van der Waals surface area contributed by atoms with E-state index in [1.54, 1.807) is 6.07 Å². The first-order chi connectivity index (χ1) is 7.47. The van der Waals surface area contributed by atoms with E-state index in [1.807, 2.05) is 0 Å². The molecule has 0 spiro atoms. The first-order valence-corrected chi connectivity index (χ1v) is 4.84. The minimum absolute atomic E-state index is 0.0407. The third-order valence-electron chi connectivity index (χ3n) is 1.87. The van der Waals surface area contributed by atoms with Crippen molar-refractivity contribution in [2.75, 3.05) is 0 Å². The number of halogens is 1. The number of carboxylic acids is 1. The van der Waals surface area contributed by atoms with Gasteiger partial charge >= 0.3 is 5.97 Å². The summed E-state index contributed by atoms with van der Waals surface area (Å²) in [6.45, 7) is 0. The molecule has 0 heterocycles. The summed E-state index contributed by atoms with van der Waals surface area (Å²) < 4.78 is 0.0407. The van der Waals surface area contributed by atoms with Gasteiger partial charge in [-0.3, -0.25) is 14.9 Å². The number of nitrogens with zero attached hydrogens (tertiary/aromatic N) is 2. The Morgan fingerprint density at radius 2 is 2.25 bits per heavy atom. The maximum absolute atomic E-state index is 10.6. The van der Waals surface area contributed by atoms with Crippen molar-refractivity contribution in [1.29, 1.82) is 5.26 Å². The number of hydrogen-bond acceptors (Lipinski definition) is 4. The predicted molar refractivity (Wildman–Crippen MR) is 56.9 cm³/mol. The molecule has 1 aromatic rings. The molecular weight excluding hydrogens is 280 g/mol. The van der Waals surface area contributed by atoms with Crippen LogP contribution in [-0.4, -0.2) is 16.0 Å². The second-order valence-corrected chi connectivity index (χ2v) is 3.66. The van der Waals surface area contributed by atoms with E-state index in [2.05, 4.69) is 15.9 Å². The summed E-state index contributed by atoms with van der Waals surface area (Å²) in [5, 5.41) is 28.0. The highest BCUT2D eigenvalue weighted by molar-refractivity contribution is 9.10. The van der Waals surface area contributed by atoms with Crippen molar-refractivity contribution in [2.24, 2.45) is 0 Å². The number of carbonyl (C=O) groups is 1. The Morgan fingerprint density at radius 3 is 2.69 bits per heavy atom. The molecule has 0 saturated heterocycles. The van der Waals surface area contributed by atoms with E-state index < -0.39 is 17.3 Å². The van der Waals surface area contributed by atoms with Gasteiger partial charge in [0.1, 0.15) is 4.47 Å². The molecule has 0 aliphatic rings. The van der Waals surface area contributed by atoms with Crippen LogP contribution in [0.25, 0.3) is 0 Å². The van der Waals surface area contributed by atoms with E-state index in [0.717, 1.165) is 6.07 Å². The molecular formula is C9H5BrN2O4. The number of aliphatic carboxylic acids is 1. The Hall–Kier alpha value is -1.94. The van der Waals surface area contributed by atoms with Gasteiger partial charge < -0.3 is 5.11 Å². The molecule has 1 N–H and O–H groups in total. The lowest BCUT2D eigenvalue weighted by atomic mass is 10.0. The van der Waals surface area contributed by atoms with Gasteiger partial charge in [0.2, 0.25) is 0 Å². The summed E-state index contributed by atoms with van der Waals surface area (Å²) in [5.41, 5.74) is -0.0284. The molecule has 0 atom stereocenters. The lowest BCUT2D eigenvalue weighted by Crippen LogP contribution is -2.05. The third-order valence-corrected chi connectivity index (χ3v) is 2.75. The van der Waals surface area contributed by atoms with Gasteiger partial charge in [0, 0.05) is 11.6 Å². The zero-order chi connectivity index (χ0) is 12.3. The molecule has 1 aromatic carbocycles. The topological polar surface area (TPSA) is 104 Å². The third kappa shape index (κ3) is 2.35. The van der Waals surface area contributed by atoms with Crippen LogP contribution in [0, 0.1) is 21.4 Å². The van der Waals surface area contributed by atoms with Gasteiger partial charge in [-0.1, -0.05) is 0 Å². The van der Waals surface area contributed by atoms with Gasteiger partial charge in [-0.05, 0) is 22.0 Å². The number of benzene rings is 1. The molecule has 0 aliphatic heterocycles. The van der Waals surface area contributed by atoms with Gasteiger partial charge in [0.25, 0.3) is 5.69 Å².